The first-order valence-corrected chi connectivity index (χ1v) is 11.8. The van der Waals surface area contributed by atoms with Crippen molar-refractivity contribution in [2.45, 2.75) is 5.25 Å². The fraction of sp³-hybridized carbons (Fsp3) is 0.0400. The maximum Gasteiger partial charge on any atom is 0.243 e. The van der Waals surface area contributed by atoms with Gasteiger partial charge in [0.15, 0.2) is 0 Å². The quantitative estimate of drug-likeness (QED) is 0.423. The monoisotopic (exact) mass is 467 g/mol. The molecule has 8 heteroatoms. The van der Waals surface area contributed by atoms with E-state index in [2.05, 4.69) is 11.4 Å². The predicted octanol–water partition coefficient (Wildman–Crippen LogP) is 5.32. The number of nitrogens with one attached hydrogen (secondary N) is 1. The normalized spacial score (nSPS) is 16.8. The van der Waals surface area contributed by atoms with Crippen LogP contribution < -0.4 is 11.1 Å². The van der Waals surface area contributed by atoms with Crippen molar-refractivity contribution in [3.8, 4) is 6.07 Å². The number of hydrogen-bond acceptors (Lipinski definition) is 7. The highest BCUT2D eigenvalue weighted by Gasteiger charge is 2.37. The average molecular weight is 468 g/mol. The summed E-state index contributed by atoms with van der Waals surface area (Å²) in [5.74, 6) is -0.308. The minimum atomic E-state index is -0.693. The predicted molar refractivity (Wildman–Crippen MR) is 135 cm³/mol. The van der Waals surface area contributed by atoms with Crippen LogP contribution in [0.5, 0.6) is 0 Å². The van der Waals surface area contributed by atoms with E-state index in [4.69, 9.17) is 15.7 Å². The van der Waals surface area contributed by atoms with Gasteiger partial charge in [-0.1, -0.05) is 54.2 Å². The summed E-state index contributed by atoms with van der Waals surface area (Å²) < 4.78 is 1.03. The maximum atomic E-state index is 13.2. The number of rotatable bonds is 4. The summed E-state index contributed by atoms with van der Waals surface area (Å²) in [7, 11) is 0. The Labute approximate surface area is 198 Å². The summed E-state index contributed by atoms with van der Waals surface area (Å²) in [6, 6.07) is 26.4. The number of nitrogens with zero attached hydrogens (tertiary/aromatic N) is 3. The van der Waals surface area contributed by atoms with E-state index >= 15 is 0 Å². The molecule has 0 saturated heterocycles. The highest BCUT2D eigenvalue weighted by atomic mass is 32.2. The van der Waals surface area contributed by atoms with Crippen LogP contribution in [0.2, 0.25) is 0 Å². The molecule has 0 saturated carbocycles. The SMILES string of the molecule is N#Cc1ccccc1NC(=O)[C@@H]1SC(=Nc2ccccc2)C(c2nc3ccccc3s2)=C1N. The van der Waals surface area contributed by atoms with Gasteiger partial charge in [-0.2, -0.15) is 5.26 Å². The molecule has 0 fully saturated rings. The van der Waals surface area contributed by atoms with Crippen LogP contribution in [0, 0.1) is 11.3 Å². The Kier molecular flexibility index (Phi) is 5.65. The molecule has 160 valence electrons. The fourth-order valence-electron chi connectivity index (χ4n) is 3.47. The summed E-state index contributed by atoms with van der Waals surface area (Å²) in [5.41, 5.74) is 10.1. The summed E-state index contributed by atoms with van der Waals surface area (Å²) >= 11 is 2.81. The number of para-hydroxylation sites is 3. The van der Waals surface area contributed by atoms with Gasteiger partial charge in [0, 0.05) is 5.70 Å². The van der Waals surface area contributed by atoms with E-state index in [-0.39, 0.29) is 5.91 Å². The molecule has 1 aliphatic heterocycles. The third kappa shape index (κ3) is 4.12. The van der Waals surface area contributed by atoms with Gasteiger partial charge in [0.2, 0.25) is 5.91 Å². The zero-order chi connectivity index (χ0) is 22.8. The van der Waals surface area contributed by atoms with Crippen LogP contribution in [-0.4, -0.2) is 21.2 Å². The lowest BCUT2D eigenvalue weighted by Crippen LogP contribution is -2.28. The molecule has 1 aliphatic rings. The van der Waals surface area contributed by atoms with Crippen molar-refractivity contribution in [2.75, 3.05) is 5.32 Å². The lowest BCUT2D eigenvalue weighted by molar-refractivity contribution is -0.115. The molecule has 6 nitrogen and oxygen atoms in total. The number of carbonyl (C=O) groups is 1. The Morgan fingerprint density at radius 3 is 2.55 bits per heavy atom. The molecule has 5 rings (SSSR count). The number of aromatic nitrogens is 1. The molecule has 0 aliphatic carbocycles. The molecule has 2 heterocycles. The van der Waals surface area contributed by atoms with Gasteiger partial charge in [0.25, 0.3) is 0 Å². The van der Waals surface area contributed by atoms with E-state index in [1.165, 1.54) is 23.1 Å². The van der Waals surface area contributed by atoms with E-state index in [9.17, 15) is 10.1 Å². The minimum absolute atomic E-state index is 0.308. The van der Waals surface area contributed by atoms with Gasteiger partial charge in [0.1, 0.15) is 21.4 Å². The molecule has 1 aromatic heterocycles. The topological polar surface area (TPSA) is 104 Å². The zero-order valence-corrected chi connectivity index (χ0v) is 18.9. The third-order valence-electron chi connectivity index (χ3n) is 5.05. The highest BCUT2D eigenvalue weighted by Crippen LogP contribution is 2.42. The van der Waals surface area contributed by atoms with Gasteiger partial charge in [-0.15, -0.1) is 11.3 Å². The first-order valence-electron chi connectivity index (χ1n) is 10.1. The van der Waals surface area contributed by atoms with Gasteiger partial charge in [-0.3, -0.25) is 4.79 Å². The Morgan fingerprint density at radius 2 is 1.76 bits per heavy atom. The van der Waals surface area contributed by atoms with Crippen LogP contribution in [-0.2, 0) is 4.79 Å². The smallest absolute Gasteiger partial charge is 0.243 e. The number of nitriles is 1. The molecule has 3 N–H and O–H groups in total. The second kappa shape index (κ2) is 8.90. The molecule has 0 bridgehead atoms. The number of thiazole rings is 1. The van der Waals surface area contributed by atoms with Crippen LogP contribution >= 0.6 is 23.1 Å². The number of benzene rings is 3. The first kappa shape index (κ1) is 20.9. The lowest BCUT2D eigenvalue weighted by Gasteiger charge is -2.12. The molecule has 1 atom stereocenters. The number of carbonyl (C=O) groups excluding carboxylic acids is 1. The largest absolute Gasteiger partial charge is 0.400 e. The molecule has 4 aromatic rings. The molecule has 0 spiro atoms. The van der Waals surface area contributed by atoms with Gasteiger partial charge >= 0.3 is 0 Å². The second-order valence-electron chi connectivity index (χ2n) is 7.21. The lowest BCUT2D eigenvalue weighted by atomic mass is 10.1. The van der Waals surface area contributed by atoms with Crippen molar-refractivity contribution < 1.29 is 4.79 Å². The van der Waals surface area contributed by atoms with Crippen LogP contribution in [0.1, 0.15) is 10.6 Å². The van der Waals surface area contributed by atoms with Crippen LogP contribution in [0.25, 0.3) is 15.8 Å². The van der Waals surface area contributed by atoms with E-state index in [0.717, 1.165) is 20.9 Å². The van der Waals surface area contributed by atoms with Crippen LogP contribution in [0.3, 0.4) is 0 Å². The van der Waals surface area contributed by atoms with Crippen molar-refractivity contribution in [3.05, 3.63) is 95.1 Å². The summed E-state index contributed by atoms with van der Waals surface area (Å²) in [6.45, 7) is 0. The number of thioether (sulfide) groups is 1. The van der Waals surface area contributed by atoms with Crippen LogP contribution in [0.4, 0.5) is 11.4 Å². The van der Waals surface area contributed by atoms with Crippen molar-refractivity contribution in [3.63, 3.8) is 0 Å². The van der Waals surface area contributed by atoms with Crippen LogP contribution in [0.15, 0.2) is 89.6 Å². The number of fused-ring (bicyclic) bond motifs is 1. The number of aliphatic imine (C=N–C) groups is 1. The minimum Gasteiger partial charge on any atom is -0.400 e. The number of hydrogen-bond donors (Lipinski definition) is 2. The Morgan fingerprint density at radius 1 is 1.03 bits per heavy atom. The van der Waals surface area contributed by atoms with Gasteiger partial charge in [-0.05, 0) is 36.4 Å². The van der Waals surface area contributed by atoms with Crippen molar-refractivity contribution >= 4 is 61.2 Å². The van der Waals surface area contributed by atoms with Crippen molar-refractivity contribution in [1.82, 2.24) is 4.98 Å². The average Bonchev–Trinajstić information content (AvgIpc) is 3.40. The Hall–Kier alpha value is -3.93. The van der Waals surface area contributed by atoms with Gasteiger partial charge in [0.05, 0.1) is 32.7 Å². The molecule has 0 radical (unpaired) electrons. The Balaban J connectivity index is 1.56. The first-order chi connectivity index (χ1) is 16.1. The number of amides is 1. The van der Waals surface area contributed by atoms with E-state index in [1.807, 2.05) is 54.6 Å². The van der Waals surface area contributed by atoms with E-state index < -0.39 is 5.25 Å². The Bertz CT molecular complexity index is 1430. The summed E-state index contributed by atoms with van der Waals surface area (Å²) in [5, 5.41) is 12.9. The van der Waals surface area contributed by atoms with E-state index in [1.54, 1.807) is 24.3 Å². The van der Waals surface area contributed by atoms with Gasteiger partial charge < -0.3 is 11.1 Å². The molecule has 0 unspecified atom stereocenters. The maximum absolute atomic E-state index is 13.2. The molecular weight excluding hydrogens is 450 g/mol. The molecule has 33 heavy (non-hydrogen) atoms. The molecular formula is C25H17N5OS2. The zero-order valence-electron chi connectivity index (χ0n) is 17.2. The van der Waals surface area contributed by atoms with Gasteiger partial charge in [-0.25, -0.2) is 9.98 Å². The van der Waals surface area contributed by atoms with Crippen molar-refractivity contribution in [1.29, 1.82) is 5.26 Å². The standard InChI is InChI=1S/C25H17N5OS2/c26-14-15-8-4-5-11-17(15)29-23(31)22-21(27)20(24(33-22)28-16-9-2-1-3-10-16)25-30-18-12-6-7-13-19(18)32-25/h1-13,22H,27H2,(H,29,31)/t22-/m1/s1. The van der Waals surface area contributed by atoms with Crippen molar-refractivity contribution in [2.24, 2.45) is 10.7 Å². The second-order valence-corrected chi connectivity index (χ2v) is 9.34. The highest BCUT2D eigenvalue weighted by molar-refractivity contribution is 8.16. The molecule has 1 amide bonds. The summed E-state index contributed by atoms with van der Waals surface area (Å²) in [6.07, 6.45) is 0. The summed E-state index contributed by atoms with van der Waals surface area (Å²) in [4.78, 5) is 22.8. The molecule has 3 aromatic carbocycles. The van der Waals surface area contributed by atoms with E-state index in [0.29, 0.717) is 27.6 Å². The number of anilines is 1. The number of nitrogens with two attached hydrogens (primary N) is 1. The third-order valence-corrected chi connectivity index (χ3v) is 7.33. The fourth-order valence-corrected chi connectivity index (χ4v) is 5.69.